The highest BCUT2D eigenvalue weighted by atomic mass is 35.5. The number of likely N-dealkylation sites (tertiary alicyclic amines) is 1. The lowest BCUT2D eigenvalue weighted by Crippen LogP contribution is -2.43. The van der Waals surface area contributed by atoms with Gasteiger partial charge in [0.2, 0.25) is 6.41 Å². The Morgan fingerprint density at radius 3 is 2.46 bits per heavy atom. The Bertz CT molecular complexity index is 303. The molecule has 1 aromatic rings. The number of carbonyl (C=O) groups is 1. The summed E-state index contributed by atoms with van der Waals surface area (Å²) in [6.45, 7) is 1.68. The van der Waals surface area contributed by atoms with Crippen LogP contribution in [0.4, 0.5) is 0 Å². The largest absolute Gasteiger partial charge is 0.344 e. The molecule has 0 unspecified atom stereocenters. The zero-order valence-corrected chi connectivity index (χ0v) is 7.87. The predicted molar refractivity (Wildman–Crippen MR) is 51.8 cm³/mol. The summed E-state index contributed by atoms with van der Waals surface area (Å²) in [5.41, 5.74) is 1.27. The van der Waals surface area contributed by atoms with Gasteiger partial charge in [-0.05, 0) is 17.7 Å². The summed E-state index contributed by atoms with van der Waals surface area (Å²) in [5.74, 6) is 0.502. The van der Waals surface area contributed by atoms with E-state index in [4.69, 9.17) is 11.6 Å². The first-order chi connectivity index (χ1) is 6.29. The quantitative estimate of drug-likeness (QED) is 0.660. The van der Waals surface area contributed by atoms with E-state index in [1.165, 1.54) is 5.56 Å². The third-order valence-electron chi connectivity index (χ3n) is 2.40. The van der Waals surface area contributed by atoms with E-state index in [2.05, 4.69) is 0 Å². The molecule has 1 amide bonds. The van der Waals surface area contributed by atoms with Crippen molar-refractivity contribution >= 4 is 18.0 Å². The van der Waals surface area contributed by atoms with Gasteiger partial charge in [0, 0.05) is 24.0 Å². The van der Waals surface area contributed by atoms with Crippen LogP contribution in [0.1, 0.15) is 11.5 Å². The molecule has 0 atom stereocenters. The number of nitrogens with zero attached hydrogens (tertiary/aromatic N) is 1. The second-order valence-electron chi connectivity index (χ2n) is 3.31. The van der Waals surface area contributed by atoms with Crippen LogP contribution >= 0.6 is 11.6 Å². The number of amides is 1. The minimum Gasteiger partial charge on any atom is -0.344 e. The fourth-order valence-corrected chi connectivity index (χ4v) is 1.67. The second kappa shape index (κ2) is 3.38. The van der Waals surface area contributed by atoms with Crippen LogP contribution in [0.15, 0.2) is 24.3 Å². The standard InChI is InChI=1S/C10H10ClNO/c11-10-3-1-8(2-4-10)9-5-12(6-9)7-13/h1-4,7,9H,5-6H2. The molecule has 3 heteroatoms. The maximum absolute atomic E-state index is 10.3. The molecule has 2 rings (SSSR count). The van der Waals surface area contributed by atoms with Crippen LogP contribution in [-0.2, 0) is 4.79 Å². The van der Waals surface area contributed by atoms with Crippen molar-refractivity contribution in [2.75, 3.05) is 13.1 Å². The SMILES string of the molecule is O=CN1CC(c2ccc(Cl)cc2)C1. The van der Waals surface area contributed by atoms with Crippen molar-refractivity contribution in [3.05, 3.63) is 34.9 Å². The van der Waals surface area contributed by atoms with E-state index in [0.29, 0.717) is 5.92 Å². The van der Waals surface area contributed by atoms with E-state index >= 15 is 0 Å². The van der Waals surface area contributed by atoms with Crippen molar-refractivity contribution in [3.63, 3.8) is 0 Å². The first-order valence-electron chi connectivity index (χ1n) is 4.24. The zero-order chi connectivity index (χ0) is 9.26. The van der Waals surface area contributed by atoms with Crippen LogP contribution in [0.25, 0.3) is 0 Å². The van der Waals surface area contributed by atoms with E-state index in [9.17, 15) is 4.79 Å². The average molecular weight is 196 g/mol. The molecule has 13 heavy (non-hydrogen) atoms. The van der Waals surface area contributed by atoms with Crippen LogP contribution < -0.4 is 0 Å². The van der Waals surface area contributed by atoms with Crippen molar-refractivity contribution in [1.82, 2.24) is 4.90 Å². The van der Waals surface area contributed by atoms with Gasteiger partial charge in [0.15, 0.2) is 0 Å². The molecule has 1 heterocycles. The van der Waals surface area contributed by atoms with Gasteiger partial charge in [-0.2, -0.15) is 0 Å². The first kappa shape index (κ1) is 8.57. The first-order valence-corrected chi connectivity index (χ1v) is 4.62. The molecular formula is C10H10ClNO. The number of rotatable bonds is 2. The Kier molecular flexibility index (Phi) is 2.23. The van der Waals surface area contributed by atoms with E-state index in [-0.39, 0.29) is 0 Å². The molecule has 1 saturated heterocycles. The van der Waals surface area contributed by atoms with E-state index < -0.39 is 0 Å². The minimum absolute atomic E-state index is 0.502. The summed E-state index contributed by atoms with van der Waals surface area (Å²) in [7, 11) is 0. The van der Waals surface area contributed by atoms with Gasteiger partial charge in [-0.3, -0.25) is 4.79 Å². The second-order valence-corrected chi connectivity index (χ2v) is 3.74. The predicted octanol–water partition coefficient (Wildman–Crippen LogP) is 1.90. The monoisotopic (exact) mass is 195 g/mol. The fraction of sp³-hybridized carbons (Fsp3) is 0.300. The molecule has 68 valence electrons. The number of hydrogen-bond acceptors (Lipinski definition) is 1. The smallest absolute Gasteiger partial charge is 0.209 e. The number of benzene rings is 1. The Morgan fingerprint density at radius 1 is 1.31 bits per heavy atom. The molecule has 0 N–H and O–H groups in total. The molecule has 1 aliphatic rings. The van der Waals surface area contributed by atoms with Gasteiger partial charge in [0.05, 0.1) is 0 Å². The van der Waals surface area contributed by atoms with Crippen molar-refractivity contribution in [1.29, 1.82) is 0 Å². The average Bonchev–Trinajstić information content (AvgIpc) is 2.06. The third-order valence-corrected chi connectivity index (χ3v) is 2.65. The molecule has 0 aromatic heterocycles. The van der Waals surface area contributed by atoms with Crippen LogP contribution in [0.5, 0.6) is 0 Å². The summed E-state index contributed by atoms with van der Waals surface area (Å²) in [6, 6.07) is 7.82. The van der Waals surface area contributed by atoms with Gasteiger partial charge in [-0.15, -0.1) is 0 Å². The van der Waals surface area contributed by atoms with E-state index in [1.807, 2.05) is 24.3 Å². The van der Waals surface area contributed by atoms with Gasteiger partial charge < -0.3 is 4.90 Å². The highest BCUT2D eigenvalue weighted by Crippen LogP contribution is 2.26. The summed E-state index contributed by atoms with van der Waals surface area (Å²) >= 11 is 5.77. The highest BCUT2D eigenvalue weighted by Gasteiger charge is 2.26. The van der Waals surface area contributed by atoms with Crippen LogP contribution in [0.3, 0.4) is 0 Å². The summed E-state index contributed by atoms with van der Waals surface area (Å²) in [6.07, 6.45) is 0.895. The molecule has 0 radical (unpaired) electrons. The zero-order valence-electron chi connectivity index (χ0n) is 7.11. The van der Waals surface area contributed by atoms with E-state index in [1.54, 1.807) is 4.90 Å². The van der Waals surface area contributed by atoms with Crippen molar-refractivity contribution in [3.8, 4) is 0 Å². The molecule has 0 bridgehead atoms. The summed E-state index contributed by atoms with van der Waals surface area (Å²) in [4.78, 5) is 12.1. The van der Waals surface area contributed by atoms with Gasteiger partial charge in [-0.25, -0.2) is 0 Å². The number of halogens is 1. The maximum Gasteiger partial charge on any atom is 0.209 e. The Morgan fingerprint density at radius 2 is 1.92 bits per heavy atom. The minimum atomic E-state index is 0.502. The molecule has 2 nitrogen and oxygen atoms in total. The topological polar surface area (TPSA) is 20.3 Å². The van der Waals surface area contributed by atoms with Crippen LogP contribution in [0, 0.1) is 0 Å². The Hall–Kier alpha value is -1.02. The maximum atomic E-state index is 10.3. The van der Waals surface area contributed by atoms with Gasteiger partial charge in [-0.1, -0.05) is 23.7 Å². The summed E-state index contributed by atoms with van der Waals surface area (Å²) in [5, 5.41) is 0.760. The molecule has 0 aliphatic carbocycles. The lowest BCUT2D eigenvalue weighted by Gasteiger charge is -2.36. The van der Waals surface area contributed by atoms with E-state index in [0.717, 1.165) is 24.5 Å². The van der Waals surface area contributed by atoms with Crippen molar-refractivity contribution in [2.24, 2.45) is 0 Å². The lowest BCUT2D eigenvalue weighted by molar-refractivity contribution is -0.122. The molecule has 1 aliphatic heterocycles. The highest BCUT2D eigenvalue weighted by molar-refractivity contribution is 6.30. The molecule has 1 aromatic carbocycles. The number of carbonyl (C=O) groups excluding carboxylic acids is 1. The normalized spacial score (nSPS) is 16.8. The molecule has 0 spiro atoms. The van der Waals surface area contributed by atoms with Gasteiger partial charge >= 0.3 is 0 Å². The van der Waals surface area contributed by atoms with Crippen molar-refractivity contribution in [2.45, 2.75) is 5.92 Å². The molecule has 0 saturated carbocycles. The van der Waals surface area contributed by atoms with Crippen LogP contribution in [-0.4, -0.2) is 24.4 Å². The molecule has 1 fully saturated rings. The Balaban J connectivity index is 2.03. The van der Waals surface area contributed by atoms with Crippen molar-refractivity contribution < 1.29 is 4.79 Å². The fourth-order valence-electron chi connectivity index (χ4n) is 1.54. The van der Waals surface area contributed by atoms with Gasteiger partial charge in [0.25, 0.3) is 0 Å². The van der Waals surface area contributed by atoms with Crippen LogP contribution in [0.2, 0.25) is 5.02 Å². The third kappa shape index (κ3) is 1.68. The van der Waals surface area contributed by atoms with Gasteiger partial charge in [0.1, 0.15) is 0 Å². The lowest BCUT2D eigenvalue weighted by atomic mass is 9.92. The Labute approximate surface area is 82.1 Å². The molecular weight excluding hydrogens is 186 g/mol. The number of hydrogen-bond donors (Lipinski definition) is 0. The summed E-state index contributed by atoms with van der Waals surface area (Å²) < 4.78 is 0.